The summed E-state index contributed by atoms with van der Waals surface area (Å²) in [6.07, 6.45) is 5.40. The molecule has 40 heavy (non-hydrogen) atoms. The topological polar surface area (TPSA) is 86.8 Å². The molecule has 0 unspecified atom stereocenters. The molecule has 0 aliphatic heterocycles. The van der Waals surface area contributed by atoms with E-state index in [9.17, 15) is 18.0 Å². The summed E-state index contributed by atoms with van der Waals surface area (Å²) < 4.78 is 27.0. The smallest absolute Gasteiger partial charge is 0.244 e. The molecule has 0 spiro atoms. The molecule has 212 valence electrons. The number of benzene rings is 3. The molecule has 1 saturated carbocycles. The van der Waals surface area contributed by atoms with Crippen molar-refractivity contribution in [1.29, 1.82) is 0 Å². The van der Waals surface area contributed by atoms with Gasteiger partial charge in [0.15, 0.2) is 0 Å². The number of rotatable bonds is 11. The average Bonchev–Trinajstić information content (AvgIpc) is 3.43. The molecule has 0 aromatic heterocycles. The Hall–Kier alpha value is -3.65. The van der Waals surface area contributed by atoms with E-state index in [1.165, 1.54) is 0 Å². The molecule has 0 bridgehead atoms. The lowest BCUT2D eigenvalue weighted by molar-refractivity contribution is -0.140. The molecular formula is C32H39N3O4S. The Morgan fingerprint density at radius 1 is 0.875 bits per heavy atom. The first-order valence-corrected chi connectivity index (χ1v) is 15.7. The second kappa shape index (κ2) is 13.1. The highest BCUT2D eigenvalue weighted by Crippen LogP contribution is 2.24. The quantitative estimate of drug-likeness (QED) is 0.366. The van der Waals surface area contributed by atoms with Crippen molar-refractivity contribution in [2.75, 3.05) is 17.1 Å². The van der Waals surface area contributed by atoms with Gasteiger partial charge < -0.3 is 10.2 Å². The van der Waals surface area contributed by atoms with Gasteiger partial charge in [-0.25, -0.2) is 8.42 Å². The van der Waals surface area contributed by atoms with E-state index in [4.69, 9.17) is 0 Å². The third-order valence-electron chi connectivity index (χ3n) is 7.51. The second-order valence-corrected chi connectivity index (χ2v) is 12.7. The second-order valence-electron chi connectivity index (χ2n) is 10.8. The number of hydrogen-bond acceptors (Lipinski definition) is 4. The lowest BCUT2D eigenvalue weighted by Gasteiger charge is -2.34. The number of carbonyl (C=O) groups excluding carboxylic acids is 2. The van der Waals surface area contributed by atoms with Crippen LogP contribution in [-0.2, 0) is 32.6 Å². The Morgan fingerprint density at radius 3 is 2.12 bits per heavy atom. The number of para-hydroxylation sites is 1. The molecule has 1 atom stereocenters. The van der Waals surface area contributed by atoms with Crippen LogP contribution in [0, 0.1) is 13.8 Å². The summed E-state index contributed by atoms with van der Waals surface area (Å²) in [5.41, 5.74) is 4.07. The molecule has 0 heterocycles. The molecule has 1 aliphatic carbocycles. The van der Waals surface area contributed by atoms with Crippen LogP contribution in [0.2, 0.25) is 0 Å². The molecule has 3 aromatic carbocycles. The largest absolute Gasteiger partial charge is 0.352 e. The van der Waals surface area contributed by atoms with Crippen LogP contribution in [0.25, 0.3) is 0 Å². The highest BCUT2D eigenvalue weighted by Gasteiger charge is 2.34. The predicted octanol–water partition coefficient (Wildman–Crippen LogP) is 4.77. The standard InChI is InChI=1S/C32H39N3O4S/c1-24-17-19-27(20-18-24)22-34(31(36)23-35(40(3,38)39)29-16-10-7-11-25(29)2)30(21-26-12-5-4-6-13-26)32(37)33-28-14-8-9-15-28/h4-7,10-13,16-20,28,30H,8-9,14-15,21-23H2,1-3H3,(H,33,37)/t30-/m1/s1. The summed E-state index contributed by atoms with van der Waals surface area (Å²) in [4.78, 5) is 29.6. The van der Waals surface area contributed by atoms with Crippen LogP contribution in [0.1, 0.15) is 47.9 Å². The van der Waals surface area contributed by atoms with E-state index in [0.29, 0.717) is 12.1 Å². The monoisotopic (exact) mass is 561 g/mol. The molecular weight excluding hydrogens is 522 g/mol. The predicted molar refractivity (Wildman–Crippen MR) is 159 cm³/mol. The van der Waals surface area contributed by atoms with Gasteiger partial charge in [-0.05, 0) is 49.4 Å². The van der Waals surface area contributed by atoms with Crippen molar-refractivity contribution in [2.24, 2.45) is 0 Å². The Kier molecular flexibility index (Phi) is 9.63. The fourth-order valence-electron chi connectivity index (χ4n) is 5.25. The van der Waals surface area contributed by atoms with E-state index in [1.54, 1.807) is 17.0 Å². The minimum Gasteiger partial charge on any atom is -0.352 e. The third-order valence-corrected chi connectivity index (χ3v) is 8.64. The fraction of sp³-hybridized carbons (Fsp3) is 0.375. The van der Waals surface area contributed by atoms with Crippen LogP contribution in [-0.4, -0.2) is 50.0 Å². The number of carbonyl (C=O) groups is 2. The van der Waals surface area contributed by atoms with Crippen molar-refractivity contribution in [3.05, 3.63) is 101 Å². The number of nitrogens with one attached hydrogen (secondary N) is 1. The molecule has 2 amide bonds. The van der Waals surface area contributed by atoms with E-state index in [0.717, 1.165) is 58.5 Å². The summed E-state index contributed by atoms with van der Waals surface area (Å²) in [6.45, 7) is 3.58. The van der Waals surface area contributed by atoms with Gasteiger partial charge >= 0.3 is 0 Å². The molecule has 1 aliphatic rings. The first kappa shape index (κ1) is 29.3. The van der Waals surface area contributed by atoms with Crippen LogP contribution >= 0.6 is 0 Å². The van der Waals surface area contributed by atoms with Gasteiger partial charge in [0, 0.05) is 19.0 Å². The van der Waals surface area contributed by atoms with Crippen molar-refractivity contribution < 1.29 is 18.0 Å². The summed E-state index contributed by atoms with van der Waals surface area (Å²) in [5, 5.41) is 3.19. The number of hydrogen-bond donors (Lipinski definition) is 1. The van der Waals surface area contributed by atoms with Crippen LogP contribution in [0.4, 0.5) is 5.69 Å². The van der Waals surface area contributed by atoms with Crippen molar-refractivity contribution >= 4 is 27.5 Å². The molecule has 0 radical (unpaired) electrons. The Labute approximate surface area is 238 Å². The Morgan fingerprint density at radius 2 is 1.50 bits per heavy atom. The summed E-state index contributed by atoms with van der Waals surface area (Å²) in [5.74, 6) is -0.644. The maximum Gasteiger partial charge on any atom is 0.244 e. The first-order valence-electron chi connectivity index (χ1n) is 13.8. The van der Waals surface area contributed by atoms with Gasteiger partial charge in [-0.3, -0.25) is 13.9 Å². The number of anilines is 1. The fourth-order valence-corrected chi connectivity index (χ4v) is 6.16. The van der Waals surface area contributed by atoms with Gasteiger partial charge in [0.25, 0.3) is 0 Å². The number of sulfonamides is 1. The van der Waals surface area contributed by atoms with Gasteiger partial charge in [-0.1, -0.05) is 91.2 Å². The summed E-state index contributed by atoms with van der Waals surface area (Å²) >= 11 is 0. The van der Waals surface area contributed by atoms with Crippen LogP contribution < -0.4 is 9.62 Å². The van der Waals surface area contributed by atoms with Gasteiger partial charge in [0.1, 0.15) is 12.6 Å². The highest BCUT2D eigenvalue weighted by atomic mass is 32.2. The van der Waals surface area contributed by atoms with Gasteiger partial charge in [0.2, 0.25) is 21.8 Å². The van der Waals surface area contributed by atoms with Crippen LogP contribution in [0.3, 0.4) is 0 Å². The molecule has 1 fully saturated rings. The maximum atomic E-state index is 14.2. The van der Waals surface area contributed by atoms with Gasteiger partial charge in [-0.2, -0.15) is 0 Å². The van der Waals surface area contributed by atoms with Crippen LogP contribution in [0.15, 0.2) is 78.9 Å². The maximum absolute atomic E-state index is 14.2. The third kappa shape index (κ3) is 7.72. The lowest BCUT2D eigenvalue weighted by atomic mass is 10.0. The highest BCUT2D eigenvalue weighted by molar-refractivity contribution is 7.92. The molecule has 3 aromatic rings. The molecule has 7 nitrogen and oxygen atoms in total. The molecule has 1 N–H and O–H groups in total. The Bertz CT molecular complexity index is 1400. The van der Waals surface area contributed by atoms with Gasteiger partial charge in [0.05, 0.1) is 11.9 Å². The number of aryl methyl sites for hydroxylation is 2. The average molecular weight is 562 g/mol. The molecule has 8 heteroatoms. The normalized spacial score (nSPS) is 14.5. The minimum atomic E-state index is -3.79. The zero-order valence-electron chi connectivity index (χ0n) is 23.5. The number of amides is 2. The first-order chi connectivity index (χ1) is 19.1. The Balaban J connectivity index is 1.72. The van der Waals surface area contributed by atoms with Crippen LogP contribution in [0.5, 0.6) is 0 Å². The SMILES string of the molecule is Cc1ccc(CN(C(=O)CN(c2ccccc2C)S(C)(=O)=O)[C@H](Cc2ccccc2)C(=O)NC2CCCC2)cc1. The molecule has 0 saturated heterocycles. The summed E-state index contributed by atoms with van der Waals surface area (Å²) in [6, 6.07) is 23.8. The number of nitrogens with zero attached hydrogens (tertiary/aromatic N) is 2. The van der Waals surface area contributed by atoms with Crippen molar-refractivity contribution in [3.8, 4) is 0 Å². The van der Waals surface area contributed by atoms with E-state index < -0.39 is 28.5 Å². The van der Waals surface area contributed by atoms with E-state index in [1.807, 2.05) is 80.6 Å². The van der Waals surface area contributed by atoms with Crippen molar-refractivity contribution in [2.45, 2.75) is 64.6 Å². The van der Waals surface area contributed by atoms with Gasteiger partial charge in [-0.15, -0.1) is 0 Å². The summed E-state index contributed by atoms with van der Waals surface area (Å²) in [7, 11) is -3.79. The molecule has 4 rings (SSSR count). The minimum absolute atomic E-state index is 0.0848. The zero-order chi connectivity index (χ0) is 28.7. The zero-order valence-corrected chi connectivity index (χ0v) is 24.4. The van der Waals surface area contributed by atoms with E-state index in [-0.39, 0.29) is 18.5 Å². The van der Waals surface area contributed by atoms with E-state index >= 15 is 0 Å². The van der Waals surface area contributed by atoms with E-state index in [2.05, 4.69) is 5.32 Å². The lowest BCUT2D eigenvalue weighted by Crippen LogP contribution is -2.54. The van der Waals surface area contributed by atoms with Crippen molar-refractivity contribution in [1.82, 2.24) is 10.2 Å². The van der Waals surface area contributed by atoms with Crippen molar-refractivity contribution in [3.63, 3.8) is 0 Å².